The van der Waals surface area contributed by atoms with E-state index in [0.717, 1.165) is 31.7 Å². The Balaban J connectivity index is 1.41. The Bertz CT molecular complexity index is 1300. The quantitative estimate of drug-likeness (QED) is 0.538. The summed E-state index contributed by atoms with van der Waals surface area (Å²) < 4.78 is 2.38. The van der Waals surface area contributed by atoms with Crippen molar-refractivity contribution in [3.8, 4) is 0 Å². The lowest BCUT2D eigenvalue weighted by atomic mass is 10.1. The summed E-state index contributed by atoms with van der Waals surface area (Å²) in [6, 6.07) is 7.25. The van der Waals surface area contributed by atoms with Crippen LogP contribution >= 0.6 is 11.3 Å². The summed E-state index contributed by atoms with van der Waals surface area (Å²) in [5.74, 6) is -0.471. The molecule has 0 saturated carbocycles. The first-order chi connectivity index (χ1) is 17.5. The molecule has 0 unspecified atom stereocenters. The molecule has 2 N–H and O–H groups in total. The van der Waals surface area contributed by atoms with E-state index in [0.29, 0.717) is 33.3 Å². The number of hydrogen-bond acceptors (Lipinski definition) is 8. The van der Waals surface area contributed by atoms with Gasteiger partial charge in [0.25, 0.3) is 11.8 Å². The van der Waals surface area contributed by atoms with Crippen LogP contribution in [0.2, 0.25) is 0 Å². The maximum Gasteiger partial charge on any atom is 0.276 e. The number of anilines is 1. The molecule has 2 fully saturated rings. The Morgan fingerprint density at radius 1 is 1.08 bits per heavy atom. The first-order valence-electron chi connectivity index (χ1n) is 12.7. The van der Waals surface area contributed by atoms with Gasteiger partial charge >= 0.3 is 0 Å². The van der Waals surface area contributed by atoms with Gasteiger partial charge in [-0.1, -0.05) is 29.0 Å². The molecular weight excluding hydrogens is 490 g/mol. The number of nitrogens with one attached hydrogen (secondary N) is 1. The van der Waals surface area contributed by atoms with E-state index in [1.165, 1.54) is 11.3 Å². The van der Waals surface area contributed by atoms with Crippen LogP contribution < -0.4 is 5.32 Å². The van der Waals surface area contributed by atoms with E-state index in [1.807, 2.05) is 39.8 Å². The summed E-state index contributed by atoms with van der Waals surface area (Å²) in [6.45, 7) is 12.4. The van der Waals surface area contributed by atoms with E-state index >= 15 is 0 Å². The van der Waals surface area contributed by atoms with Crippen molar-refractivity contribution in [3.05, 3.63) is 41.1 Å². The van der Waals surface area contributed by atoms with Crippen LogP contribution in [0.5, 0.6) is 0 Å². The minimum Gasteiger partial charge on any atom is -0.390 e. The molecule has 2 atom stereocenters. The molecule has 2 saturated heterocycles. The number of aryl methyl sites for hydroxylation is 1. The van der Waals surface area contributed by atoms with E-state index in [1.54, 1.807) is 21.7 Å². The molecule has 11 heteroatoms. The monoisotopic (exact) mass is 525 g/mol. The molecule has 5 rings (SSSR count). The van der Waals surface area contributed by atoms with Crippen LogP contribution in [0, 0.1) is 6.92 Å². The standard InChI is InChI=1S/C26H35N7O3S/c1-16-6-8-17(9-7-16)23(35)28-25-27-22-21(37-25)20(29-33(22)26(2,3)4)24(36)32-14-18(19(34)15-32)31-12-10-30(5)11-13-31/h6-9,18-19,34H,10-15H2,1-5H3,(H,27,28,35)/t18-,19-/m1/s1. The van der Waals surface area contributed by atoms with Crippen LogP contribution in [0.1, 0.15) is 47.2 Å². The zero-order valence-electron chi connectivity index (χ0n) is 22.1. The molecule has 3 aromatic rings. The van der Waals surface area contributed by atoms with E-state index in [2.05, 4.69) is 32.2 Å². The highest BCUT2D eigenvalue weighted by atomic mass is 32.1. The number of likely N-dealkylation sites (N-methyl/N-ethyl adjacent to an activating group) is 1. The number of rotatable bonds is 4. The molecule has 198 valence electrons. The van der Waals surface area contributed by atoms with Gasteiger partial charge in [-0.25, -0.2) is 4.68 Å². The van der Waals surface area contributed by atoms with E-state index in [-0.39, 0.29) is 24.4 Å². The molecular formula is C26H35N7O3S. The third-order valence-electron chi connectivity index (χ3n) is 7.15. The summed E-state index contributed by atoms with van der Waals surface area (Å²) in [5.41, 5.74) is 2.07. The highest BCUT2D eigenvalue weighted by Gasteiger charge is 2.40. The molecule has 0 radical (unpaired) electrons. The normalized spacial score (nSPS) is 21.6. The van der Waals surface area contributed by atoms with Gasteiger partial charge < -0.3 is 14.9 Å². The van der Waals surface area contributed by atoms with Crippen molar-refractivity contribution >= 4 is 38.6 Å². The Kier molecular flexibility index (Phi) is 6.82. The van der Waals surface area contributed by atoms with Crippen molar-refractivity contribution < 1.29 is 14.7 Å². The molecule has 2 amide bonds. The largest absolute Gasteiger partial charge is 0.390 e. The first-order valence-corrected chi connectivity index (χ1v) is 13.5. The van der Waals surface area contributed by atoms with E-state index in [9.17, 15) is 14.7 Å². The highest BCUT2D eigenvalue weighted by molar-refractivity contribution is 7.22. The van der Waals surface area contributed by atoms with Crippen LogP contribution in [0.25, 0.3) is 10.3 Å². The molecule has 4 heterocycles. The fourth-order valence-electron chi connectivity index (χ4n) is 4.94. The predicted molar refractivity (Wildman–Crippen MR) is 144 cm³/mol. The molecule has 0 bridgehead atoms. The lowest BCUT2D eigenvalue weighted by molar-refractivity contribution is 0.0512. The minimum atomic E-state index is -0.599. The third kappa shape index (κ3) is 5.13. The second-order valence-corrected chi connectivity index (χ2v) is 12.1. The third-order valence-corrected chi connectivity index (χ3v) is 8.12. The van der Waals surface area contributed by atoms with Crippen molar-refractivity contribution in [3.63, 3.8) is 0 Å². The van der Waals surface area contributed by atoms with Crippen LogP contribution in [0.15, 0.2) is 24.3 Å². The number of β-amino-alcohol motifs (C(OH)–C–C–N with tert-alkyl or cyclic N) is 1. The maximum atomic E-state index is 13.7. The zero-order chi connectivity index (χ0) is 26.5. The van der Waals surface area contributed by atoms with Crippen molar-refractivity contribution in [1.29, 1.82) is 0 Å². The lowest BCUT2D eigenvalue weighted by Gasteiger charge is -2.37. The average Bonchev–Trinajstić information content (AvgIpc) is 3.52. The molecule has 2 aliphatic heterocycles. The lowest BCUT2D eigenvalue weighted by Crippen LogP contribution is -2.52. The SMILES string of the molecule is Cc1ccc(C(=O)Nc2nc3c(s2)c(C(=O)N2C[C@@H](O)[C@H](N4CCN(C)CC4)C2)nn3C(C)(C)C)cc1. The molecule has 2 aromatic heterocycles. The van der Waals surface area contributed by atoms with Gasteiger partial charge in [-0.3, -0.25) is 19.8 Å². The number of aliphatic hydroxyl groups excluding tert-OH is 1. The number of benzene rings is 1. The minimum absolute atomic E-state index is 0.0799. The summed E-state index contributed by atoms with van der Waals surface area (Å²) in [7, 11) is 2.10. The number of aromatic nitrogens is 3. The molecule has 1 aromatic carbocycles. The molecule has 10 nitrogen and oxygen atoms in total. The number of likely N-dealkylation sites (tertiary alicyclic amines) is 1. The van der Waals surface area contributed by atoms with Crippen molar-refractivity contribution in [2.75, 3.05) is 51.6 Å². The number of thiazole rings is 1. The summed E-state index contributed by atoms with van der Waals surface area (Å²) in [6.07, 6.45) is -0.599. The van der Waals surface area contributed by atoms with Crippen LogP contribution in [0.4, 0.5) is 5.13 Å². The smallest absolute Gasteiger partial charge is 0.276 e. The Morgan fingerprint density at radius 3 is 2.41 bits per heavy atom. The molecule has 0 aliphatic carbocycles. The van der Waals surface area contributed by atoms with Gasteiger partial charge in [-0.05, 0) is 46.9 Å². The highest BCUT2D eigenvalue weighted by Crippen LogP contribution is 2.34. The van der Waals surface area contributed by atoms with Gasteiger partial charge in [0.1, 0.15) is 4.70 Å². The van der Waals surface area contributed by atoms with Gasteiger partial charge in [-0.2, -0.15) is 10.1 Å². The number of carbonyl (C=O) groups excluding carboxylic acids is 2. The number of amides is 2. The molecule has 2 aliphatic rings. The zero-order valence-corrected chi connectivity index (χ0v) is 22.9. The van der Waals surface area contributed by atoms with Crippen LogP contribution in [0.3, 0.4) is 0 Å². The second-order valence-electron chi connectivity index (χ2n) is 11.1. The maximum absolute atomic E-state index is 13.7. The van der Waals surface area contributed by atoms with Gasteiger partial charge in [0, 0.05) is 44.8 Å². The fourth-order valence-corrected chi connectivity index (χ4v) is 5.85. The van der Waals surface area contributed by atoms with E-state index < -0.39 is 11.6 Å². The van der Waals surface area contributed by atoms with Crippen LogP contribution in [-0.2, 0) is 5.54 Å². The van der Waals surface area contributed by atoms with Crippen LogP contribution in [-0.4, -0.2) is 105 Å². The number of nitrogens with zero attached hydrogens (tertiary/aromatic N) is 6. The van der Waals surface area contributed by atoms with Gasteiger partial charge in [-0.15, -0.1) is 0 Å². The number of hydrogen-bond donors (Lipinski definition) is 2. The summed E-state index contributed by atoms with van der Waals surface area (Å²) in [4.78, 5) is 37.4. The fraction of sp³-hybridized carbons (Fsp3) is 0.538. The van der Waals surface area contributed by atoms with Gasteiger partial charge in [0.15, 0.2) is 16.5 Å². The Labute approximate surface area is 220 Å². The van der Waals surface area contributed by atoms with Gasteiger partial charge in [0.05, 0.1) is 17.7 Å². The molecule has 37 heavy (non-hydrogen) atoms. The van der Waals surface area contributed by atoms with Crippen molar-refractivity contribution in [2.45, 2.75) is 45.4 Å². The second kappa shape index (κ2) is 9.79. The Morgan fingerprint density at radius 2 is 1.76 bits per heavy atom. The van der Waals surface area contributed by atoms with Crippen molar-refractivity contribution in [2.24, 2.45) is 0 Å². The van der Waals surface area contributed by atoms with Crippen molar-refractivity contribution in [1.82, 2.24) is 29.5 Å². The number of aliphatic hydroxyl groups is 1. The number of piperazine rings is 1. The van der Waals surface area contributed by atoms with Gasteiger partial charge in [0.2, 0.25) is 0 Å². The Hall–Kier alpha value is -2.86. The molecule has 0 spiro atoms. The summed E-state index contributed by atoms with van der Waals surface area (Å²) >= 11 is 1.25. The summed E-state index contributed by atoms with van der Waals surface area (Å²) in [5, 5.41) is 18.8. The number of fused-ring (bicyclic) bond motifs is 1. The van der Waals surface area contributed by atoms with E-state index in [4.69, 9.17) is 0 Å². The topological polar surface area (TPSA) is 107 Å². The first kappa shape index (κ1) is 25.8. The number of carbonyl (C=O) groups is 2. The average molecular weight is 526 g/mol. The predicted octanol–water partition coefficient (Wildman–Crippen LogP) is 2.24.